The van der Waals surface area contributed by atoms with Crippen molar-refractivity contribution in [3.63, 3.8) is 0 Å². The van der Waals surface area contributed by atoms with Gasteiger partial charge in [0.1, 0.15) is 11.8 Å². The highest BCUT2D eigenvalue weighted by atomic mass is 32.2. The van der Waals surface area contributed by atoms with E-state index < -0.39 is 27.8 Å². The summed E-state index contributed by atoms with van der Waals surface area (Å²) < 4.78 is 74.4. The molecule has 2 saturated heterocycles. The molecule has 49 heavy (non-hydrogen) atoms. The summed E-state index contributed by atoms with van der Waals surface area (Å²) in [5, 5.41) is 0. The number of aromatic nitrogens is 1. The number of ether oxygens (including phenoxy) is 1. The van der Waals surface area contributed by atoms with Gasteiger partial charge in [-0.2, -0.15) is 17.5 Å². The molecule has 2 aromatic carbocycles. The summed E-state index contributed by atoms with van der Waals surface area (Å²) in [6.45, 7) is 2.73. The number of benzene rings is 2. The molecule has 0 unspecified atom stereocenters. The van der Waals surface area contributed by atoms with Crippen LogP contribution in [0.4, 0.5) is 13.2 Å². The zero-order valence-corrected chi connectivity index (χ0v) is 28.3. The molecule has 6 rings (SSSR count). The molecule has 0 radical (unpaired) electrons. The van der Waals surface area contributed by atoms with Crippen LogP contribution in [0, 0.1) is 5.92 Å². The first-order valence-corrected chi connectivity index (χ1v) is 18.6. The highest BCUT2D eigenvalue weighted by Gasteiger charge is 2.42. The number of piperidine rings is 1. The monoisotopic (exact) mass is 699 g/mol. The van der Waals surface area contributed by atoms with Crippen LogP contribution in [-0.4, -0.2) is 84.8 Å². The third-order valence-electron chi connectivity index (χ3n) is 9.93. The minimum absolute atomic E-state index is 0.0173. The van der Waals surface area contributed by atoms with Gasteiger partial charge in [-0.1, -0.05) is 37.5 Å². The molecule has 0 bridgehead atoms. The fourth-order valence-electron chi connectivity index (χ4n) is 6.97. The number of rotatable bonds is 9. The van der Waals surface area contributed by atoms with Crippen LogP contribution in [0.15, 0.2) is 71.8 Å². The van der Waals surface area contributed by atoms with Crippen LogP contribution in [0.1, 0.15) is 56.1 Å². The maximum Gasteiger partial charge on any atom is 0.416 e. The van der Waals surface area contributed by atoms with Crippen molar-refractivity contribution in [3.05, 3.63) is 78.0 Å². The maximum absolute atomic E-state index is 14.1. The Bertz CT molecular complexity index is 1660. The lowest BCUT2D eigenvalue weighted by Gasteiger charge is -2.42. The summed E-state index contributed by atoms with van der Waals surface area (Å²) in [5.74, 6) is 0.922. The summed E-state index contributed by atoms with van der Waals surface area (Å²) in [6.07, 6.45) is 4.59. The Morgan fingerprint density at radius 1 is 0.878 bits per heavy atom. The SMILES string of the molecule is NC1CCN(C(=O)[C@@H]2CN(Cc3ccc(-c4ccc(C(F)(F)F)cc4)nc3)CCN2S(=O)(=O)c2ccc(OCC3CCCCC3)cc2)CC1. The Morgan fingerprint density at radius 2 is 1.57 bits per heavy atom. The molecule has 0 spiro atoms. The summed E-state index contributed by atoms with van der Waals surface area (Å²) in [6, 6.07) is 14.1. The summed E-state index contributed by atoms with van der Waals surface area (Å²) in [4.78, 5) is 22.3. The summed E-state index contributed by atoms with van der Waals surface area (Å²) in [5.41, 5.74) is 7.31. The van der Waals surface area contributed by atoms with Gasteiger partial charge in [-0.3, -0.25) is 14.7 Å². The van der Waals surface area contributed by atoms with Crippen molar-refractivity contribution in [2.45, 2.75) is 74.6 Å². The molecule has 9 nitrogen and oxygen atoms in total. The first-order valence-electron chi connectivity index (χ1n) is 17.1. The molecule has 3 aromatic rings. The first-order chi connectivity index (χ1) is 23.5. The number of nitrogens with zero attached hydrogens (tertiary/aromatic N) is 4. The van der Waals surface area contributed by atoms with Crippen molar-refractivity contribution < 1.29 is 31.1 Å². The number of likely N-dealkylation sites (tertiary alicyclic amines) is 1. The summed E-state index contributed by atoms with van der Waals surface area (Å²) >= 11 is 0. The fourth-order valence-corrected chi connectivity index (χ4v) is 8.54. The summed E-state index contributed by atoms with van der Waals surface area (Å²) in [7, 11) is -4.01. The Morgan fingerprint density at radius 3 is 2.20 bits per heavy atom. The van der Waals surface area contributed by atoms with Gasteiger partial charge in [0, 0.05) is 57.1 Å². The lowest BCUT2D eigenvalue weighted by atomic mass is 9.90. The van der Waals surface area contributed by atoms with Gasteiger partial charge in [0.05, 0.1) is 22.8 Å². The standard InChI is InChI=1S/C36H44F3N5O4S/c37-36(38,39)29-9-7-28(8-10-29)33-15-6-27(22-41-33)23-42-20-21-44(34(24-42)35(45)43-18-16-30(40)17-19-43)49(46,47)32-13-11-31(12-14-32)48-25-26-4-2-1-3-5-26/h6-15,22,26,30,34H,1-5,16-21,23-25,40H2/t34-/m0/s1. The molecular weight excluding hydrogens is 655 g/mol. The number of piperazine rings is 1. The van der Waals surface area contributed by atoms with Crippen LogP contribution in [0.25, 0.3) is 11.3 Å². The van der Waals surface area contributed by atoms with E-state index in [0.29, 0.717) is 68.6 Å². The molecular formula is C36H44F3N5O4S. The minimum Gasteiger partial charge on any atom is -0.493 e. The zero-order chi connectivity index (χ0) is 34.6. The van der Waals surface area contributed by atoms with E-state index in [1.807, 2.05) is 11.0 Å². The van der Waals surface area contributed by atoms with Crippen molar-refractivity contribution >= 4 is 15.9 Å². The Labute approximate surface area is 286 Å². The topological polar surface area (TPSA) is 109 Å². The van der Waals surface area contributed by atoms with E-state index >= 15 is 0 Å². The first kappa shape index (κ1) is 35.3. The highest BCUT2D eigenvalue weighted by molar-refractivity contribution is 7.89. The molecule has 1 amide bonds. The third kappa shape index (κ3) is 8.62. The van der Waals surface area contributed by atoms with Crippen molar-refractivity contribution in [2.75, 3.05) is 39.3 Å². The van der Waals surface area contributed by atoms with Crippen molar-refractivity contribution in [1.82, 2.24) is 19.1 Å². The van der Waals surface area contributed by atoms with Gasteiger partial charge in [-0.05, 0) is 79.6 Å². The number of pyridine rings is 1. The van der Waals surface area contributed by atoms with Crippen LogP contribution in [0.5, 0.6) is 5.75 Å². The Balaban J connectivity index is 1.15. The van der Waals surface area contributed by atoms with E-state index in [-0.39, 0.29) is 29.9 Å². The molecule has 1 aliphatic carbocycles. The van der Waals surface area contributed by atoms with Crippen LogP contribution in [-0.2, 0) is 27.5 Å². The molecule has 1 saturated carbocycles. The second-order valence-corrected chi connectivity index (χ2v) is 15.3. The number of carbonyl (C=O) groups excluding carboxylic acids is 1. The van der Waals surface area contributed by atoms with Crippen LogP contribution < -0.4 is 10.5 Å². The molecule has 2 aliphatic heterocycles. The van der Waals surface area contributed by atoms with Crippen LogP contribution in [0.2, 0.25) is 0 Å². The van der Waals surface area contributed by atoms with E-state index in [1.165, 1.54) is 35.7 Å². The number of halogens is 3. The second-order valence-electron chi connectivity index (χ2n) is 13.4. The van der Waals surface area contributed by atoms with Crippen molar-refractivity contribution in [1.29, 1.82) is 0 Å². The van der Waals surface area contributed by atoms with Gasteiger partial charge >= 0.3 is 6.18 Å². The molecule has 2 N–H and O–H groups in total. The fraction of sp³-hybridized carbons (Fsp3) is 0.500. The van der Waals surface area contributed by atoms with Gasteiger partial charge in [0.2, 0.25) is 15.9 Å². The molecule has 1 aromatic heterocycles. The largest absolute Gasteiger partial charge is 0.493 e. The zero-order valence-electron chi connectivity index (χ0n) is 27.5. The number of hydrogen-bond donors (Lipinski definition) is 1. The molecule has 3 aliphatic rings. The minimum atomic E-state index is -4.41. The maximum atomic E-state index is 14.1. The molecule has 1 atom stereocenters. The average molecular weight is 700 g/mol. The van der Waals surface area contributed by atoms with E-state index in [4.69, 9.17) is 10.5 Å². The van der Waals surface area contributed by atoms with E-state index in [9.17, 15) is 26.4 Å². The Kier molecular flexibility index (Phi) is 10.9. The predicted octanol–water partition coefficient (Wildman–Crippen LogP) is 5.55. The van der Waals surface area contributed by atoms with Gasteiger partial charge in [-0.15, -0.1) is 0 Å². The average Bonchev–Trinajstić information content (AvgIpc) is 3.11. The Hall–Kier alpha value is -3.52. The van der Waals surface area contributed by atoms with Gasteiger partial charge in [0.15, 0.2) is 0 Å². The normalized spacial score (nSPS) is 20.7. The molecule has 13 heteroatoms. The van der Waals surface area contributed by atoms with Gasteiger partial charge < -0.3 is 15.4 Å². The van der Waals surface area contributed by atoms with Crippen LogP contribution >= 0.6 is 0 Å². The number of amides is 1. The van der Waals surface area contributed by atoms with Gasteiger partial charge in [0.25, 0.3) is 0 Å². The number of carbonyl (C=O) groups is 1. The number of nitrogens with two attached hydrogens (primary N) is 1. The third-order valence-corrected chi connectivity index (χ3v) is 11.9. The van der Waals surface area contributed by atoms with E-state index in [1.54, 1.807) is 41.4 Å². The highest BCUT2D eigenvalue weighted by Crippen LogP contribution is 2.31. The lowest BCUT2D eigenvalue weighted by molar-refractivity contribution is -0.138. The van der Waals surface area contributed by atoms with Crippen molar-refractivity contribution in [2.24, 2.45) is 11.7 Å². The second kappa shape index (κ2) is 15.2. The predicted molar refractivity (Wildman–Crippen MR) is 180 cm³/mol. The van der Waals surface area contributed by atoms with E-state index in [2.05, 4.69) is 4.98 Å². The number of alkyl halides is 3. The number of sulfonamides is 1. The molecule has 3 fully saturated rings. The lowest BCUT2D eigenvalue weighted by Crippen LogP contribution is -2.61. The quantitative estimate of drug-likeness (QED) is 0.312. The number of hydrogen-bond acceptors (Lipinski definition) is 7. The smallest absolute Gasteiger partial charge is 0.416 e. The van der Waals surface area contributed by atoms with Gasteiger partial charge in [-0.25, -0.2) is 8.42 Å². The molecule has 3 heterocycles. The van der Waals surface area contributed by atoms with E-state index in [0.717, 1.165) is 30.5 Å². The molecule has 264 valence electrons. The van der Waals surface area contributed by atoms with Crippen LogP contribution in [0.3, 0.4) is 0 Å². The van der Waals surface area contributed by atoms with Crippen molar-refractivity contribution in [3.8, 4) is 17.0 Å².